The Labute approximate surface area is 120 Å². The number of nitrogens with zero attached hydrogens (tertiary/aromatic N) is 1. The minimum absolute atomic E-state index is 0.0218. The lowest BCUT2D eigenvalue weighted by Crippen LogP contribution is -2.28. The first-order chi connectivity index (χ1) is 9.43. The van der Waals surface area contributed by atoms with Crippen LogP contribution in [0.25, 0.3) is 0 Å². The molecule has 110 valence electrons. The summed E-state index contributed by atoms with van der Waals surface area (Å²) in [5, 5.41) is 8.61. The first-order valence-electron chi connectivity index (χ1n) is 6.97. The molecule has 0 saturated heterocycles. The number of likely N-dealkylation sites (N-methyl/N-ethyl adjacent to an activating group) is 1. The second-order valence-electron chi connectivity index (χ2n) is 5.24. The monoisotopic (exact) mass is 277 g/mol. The molecule has 1 atom stereocenters. The van der Waals surface area contributed by atoms with Crippen LogP contribution in [0.15, 0.2) is 24.3 Å². The highest BCUT2D eigenvalue weighted by molar-refractivity contribution is 5.97. The molecule has 20 heavy (non-hydrogen) atoms. The van der Waals surface area contributed by atoms with Crippen molar-refractivity contribution in [3.63, 3.8) is 0 Å². The number of hydrogen-bond acceptors (Lipinski definition) is 3. The van der Waals surface area contributed by atoms with Crippen LogP contribution in [0, 0.1) is 0 Å². The molecule has 0 fully saturated rings. The van der Waals surface area contributed by atoms with E-state index in [1.165, 1.54) is 5.56 Å². The zero-order chi connectivity index (χ0) is 15.1. The van der Waals surface area contributed by atoms with Gasteiger partial charge in [-0.05, 0) is 24.9 Å². The molecule has 0 spiro atoms. The fourth-order valence-electron chi connectivity index (χ4n) is 1.94. The molecule has 1 unspecified atom stereocenters. The van der Waals surface area contributed by atoms with Crippen LogP contribution >= 0.6 is 0 Å². The van der Waals surface area contributed by atoms with E-state index in [9.17, 15) is 9.59 Å². The number of ketones is 1. The minimum atomic E-state index is -0.845. The molecule has 0 heterocycles. The molecular weight excluding hydrogens is 254 g/mol. The van der Waals surface area contributed by atoms with Crippen molar-refractivity contribution < 1.29 is 14.7 Å². The zero-order valence-electron chi connectivity index (χ0n) is 12.4. The van der Waals surface area contributed by atoms with E-state index in [-0.39, 0.29) is 18.7 Å². The molecule has 0 bridgehead atoms. The van der Waals surface area contributed by atoms with Gasteiger partial charge in [0.25, 0.3) is 0 Å². The van der Waals surface area contributed by atoms with Gasteiger partial charge in [0.05, 0.1) is 13.0 Å². The van der Waals surface area contributed by atoms with Gasteiger partial charge in [-0.3, -0.25) is 14.5 Å². The topological polar surface area (TPSA) is 57.6 Å². The number of hydrogen-bond donors (Lipinski definition) is 1. The van der Waals surface area contributed by atoms with Gasteiger partial charge < -0.3 is 5.11 Å². The number of carboxylic acid groups (broad SMARTS) is 1. The van der Waals surface area contributed by atoms with Gasteiger partial charge in [-0.2, -0.15) is 0 Å². The lowest BCUT2D eigenvalue weighted by molar-refractivity contribution is -0.137. The van der Waals surface area contributed by atoms with Crippen LogP contribution in [0.3, 0.4) is 0 Å². The Hall–Kier alpha value is -1.68. The Morgan fingerprint density at radius 2 is 1.85 bits per heavy atom. The van der Waals surface area contributed by atoms with Gasteiger partial charge in [0.2, 0.25) is 0 Å². The SMILES string of the molecule is CCC(C)c1ccc(C(=O)CN(C)CCC(=O)O)cc1. The number of benzene rings is 1. The quantitative estimate of drug-likeness (QED) is 0.742. The van der Waals surface area contributed by atoms with E-state index in [2.05, 4.69) is 13.8 Å². The Morgan fingerprint density at radius 1 is 1.25 bits per heavy atom. The zero-order valence-corrected chi connectivity index (χ0v) is 12.4. The number of carbonyl (C=O) groups is 2. The van der Waals surface area contributed by atoms with E-state index in [4.69, 9.17) is 5.11 Å². The Morgan fingerprint density at radius 3 is 2.35 bits per heavy atom. The molecule has 0 aliphatic heterocycles. The number of carboxylic acids is 1. The van der Waals surface area contributed by atoms with Crippen molar-refractivity contribution in [1.29, 1.82) is 0 Å². The smallest absolute Gasteiger partial charge is 0.304 e. The summed E-state index contributed by atoms with van der Waals surface area (Å²) in [6.45, 7) is 4.93. The highest BCUT2D eigenvalue weighted by atomic mass is 16.4. The molecule has 4 heteroatoms. The summed E-state index contributed by atoms with van der Waals surface area (Å²) >= 11 is 0. The highest BCUT2D eigenvalue weighted by Crippen LogP contribution is 2.19. The number of carbonyl (C=O) groups excluding carboxylic acids is 1. The van der Waals surface area contributed by atoms with Gasteiger partial charge in [0, 0.05) is 12.1 Å². The van der Waals surface area contributed by atoms with Crippen LogP contribution in [0.5, 0.6) is 0 Å². The maximum Gasteiger partial charge on any atom is 0.304 e. The van der Waals surface area contributed by atoms with E-state index in [1.54, 1.807) is 11.9 Å². The summed E-state index contributed by atoms with van der Waals surface area (Å²) in [6.07, 6.45) is 1.13. The Bertz CT molecular complexity index is 453. The highest BCUT2D eigenvalue weighted by Gasteiger charge is 2.11. The van der Waals surface area contributed by atoms with Gasteiger partial charge in [-0.15, -0.1) is 0 Å². The average molecular weight is 277 g/mol. The molecular formula is C16H23NO3. The van der Waals surface area contributed by atoms with Crippen LogP contribution in [-0.2, 0) is 4.79 Å². The van der Waals surface area contributed by atoms with Crippen molar-refractivity contribution in [1.82, 2.24) is 4.90 Å². The summed E-state index contributed by atoms with van der Waals surface area (Å²) in [7, 11) is 1.76. The summed E-state index contributed by atoms with van der Waals surface area (Å²) in [5.41, 5.74) is 1.92. The Balaban J connectivity index is 2.57. The predicted octanol–water partition coefficient (Wildman–Crippen LogP) is 2.79. The number of rotatable bonds is 8. The van der Waals surface area contributed by atoms with Crippen molar-refractivity contribution in [2.24, 2.45) is 0 Å². The van der Waals surface area contributed by atoms with Crippen LogP contribution < -0.4 is 0 Å². The second-order valence-corrected chi connectivity index (χ2v) is 5.24. The third kappa shape index (κ3) is 5.13. The summed E-state index contributed by atoms with van der Waals surface area (Å²) < 4.78 is 0. The van der Waals surface area contributed by atoms with Gasteiger partial charge in [-0.1, -0.05) is 38.1 Å². The Kier molecular flexibility index (Phi) is 6.39. The first-order valence-corrected chi connectivity index (χ1v) is 6.97. The molecule has 0 aromatic heterocycles. The van der Waals surface area contributed by atoms with Crippen LogP contribution in [-0.4, -0.2) is 41.9 Å². The van der Waals surface area contributed by atoms with Crippen LogP contribution in [0.4, 0.5) is 0 Å². The molecule has 1 aromatic rings. The molecule has 0 aliphatic rings. The van der Waals surface area contributed by atoms with Gasteiger partial charge >= 0.3 is 5.97 Å². The van der Waals surface area contributed by atoms with Crippen molar-refractivity contribution in [2.45, 2.75) is 32.6 Å². The third-order valence-electron chi connectivity index (χ3n) is 3.53. The third-order valence-corrected chi connectivity index (χ3v) is 3.53. The molecule has 1 N–H and O–H groups in total. The molecule has 1 rings (SSSR count). The van der Waals surface area contributed by atoms with E-state index in [1.807, 2.05) is 24.3 Å². The fraction of sp³-hybridized carbons (Fsp3) is 0.500. The van der Waals surface area contributed by atoms with E-state index in [0.29, 0.717) is 18.0 Å². The summed E-state index contributed by atoms with van der Waals surface area (Å²) in [4.78, 5) is 24.3. The van der Waals surface area contributed by atoms with Crippen molar-refractivity contribution in [3.8, 4) is 0 Å². The molecule has 0 saturated carbocycles. The van der Waals surface area contributed by atoms with Gasteiger partial charge in [0.1, 0.15) is 0 Å². The van der Waals surface area contributed by atoms with Crippen LogP contribution in [0.2, 0.25) is 0 Å². The molecule has 4 nitrogen and oxygen atoms in total. The normalized spacial score (nSPS) is 12.4. The lowest BCUT2D eigenvalue weighted by atomic mass is 9.97. The van der Waals surface area contributed by atoms with Crippen molar-refractivity contribution in [2.75, 3.05) is 20.1 Å². The largest absolute Gasteiger partial charge is 0.481 e. The molecule has 0 radical (unpaired) electrons. The standard InChI is InChI=1S/C16H23NO3/c1-4-12(2)13-5-7-14(8-6-13)15(18)11-17(3)10-9-16(19)20/h5-8,12H,4,9-11H2,1-3H3,(H,19,20). The molecule has 0 aliphatic carbocycles. The molecule has 0 amide bonds. The second kappa shape index (κ2) is 7.80. The first kappa shape index (κ1) is 16.4. The van der Waals surface area contributed by atoms with Crippen LogP contribution in [0.1, 0.15) is 48.5 Å². The van der Waals surface area contributed by atoms with Crippen molar-refractivity contribution in [3.05, 3.63) is 35.4 Å². The maximum atomic E-state index is 12.1. The minimum Gasteiger partial charge on any atom is -0.481 e. The fourth-order valence-corrected chi connectivity index (χ4v) is 1.94. The van der Waals surface area contributed by atoms with E-state index in [0.717, 1.165) is 6.42 Å². The van der Waals surface area contributed by atoms with Gasteiger partial charge in [0.15, 0.2) is 5.78 Å². The summed E-state index contributed by atoms with van der Waals surface area (Å²) in [6, 6.07) is 7.71. The lowest BCUT2D eigenvalue weighted by Gasteiger charge is -2.15. The number of aliphatic carboxylic acids is 1. The summed E-state index contributed by atoms with van der Waals surface area (Å²) in [5.74, 6) is -0.326. The molecule has 1 aromatic carbocycles. The van der Waals surface area contributed by atoms with Crippen molar-refractivity contribution >= 4 is 11.8 Å². The number of Topliss-reactive ketones (excluding diaryl/α,β-unsaturated/α-hetero) is 1. The van der Waals surface area contributed by atoms with E-state index < -0.39 is 5.97 Å². The maximum absolute atomic E-state index is 12.1. The van der Waals surface area contributed by atoms with E-state index >= 15 is 0 Å². The predicted molar refractivity (Wildman–Crippen MR) is 79.2 cm³/mol. The average Bonchev–Trinajstić information content (AvgIpc) is 2.44. The van der Waals surface area contributed by atoms with Gasteiger partial charge in [-0.25, -0.2) is 0 Å².